The molecule has 0 bridgehead atoms. The second kappa shape index (κ2) is 9.23. The van der Waals surface area contributed by atoms with Crippen LogP contribution in [0.5, 0.6) is 0 Å². The molecule has 6 nitrogen and oxygen atoms in total. The number of pyridine rings is 1. The molecule has 1 aromatic carbocycles. The molecule has 0 saturated heterocycles. The van der Waals surface area contributed by atoms with E-state index < -0.39 is 0 Å². The highest BCUT2D eigenvalue weighted by Crippen LogP contribution is 2.21. The monoisotopic (exact) mass is 380 g/mol. The number of rotatable bonds is 6. The summed E-state index contributed by atoms with van der Waals surface area (Å²) < 4.78 is 1.75. The zero-order valence-corrected chi connectivity index (χ0v) is 16.6. The van der Waals surface area contributed by atoms with Gasteiger partial charge in [-0.1, -0.05) is 12.1 Å². The number of guanidine groups is 1. The van der Waals surface area contributed by atoms with Gasteiger partial charge in [0.05, 0.1) is 0 Å². The summed E-state index contributed by atoms with van der Waals surface area (Å²) in [5, 5.41) is 11.0. The van der Waals surface area contributed by atoms with Crippen molar-refractivity contribution in [1.82, 2.24) is 25.4 Å². The van der Waals surface area contributed by atoms with Gasteiger partial charge in [0.2, 0.25) is 0 Å². The Morgan fingerprint density at radius 2 is 2.00 bits per heavy atom. The van der Waals surface area contributed by atoms with E-state index in [1.165, 1.54) is 16.0 Å². The molecule has 0 radical (unpaired) electrons. The first-order chi connectivity index (χ1) is 13.2. The average Bonchev–Trinajstić information content (AvgIpc) is 3.24. The van der Waals surface area contributed by atoms with E-state index in [0.29, 0.717) is 6.54 Å². The number of aromatic nitrogens is 3. The van der Waals surface area contributed by atoms with Gasteiger partial charge in [0.25, 0.3) is 0 Å². The van der Waals surface area contributed by atoms with Crippen molar-refractivity contribution in [3.63, 3.8) is 0 Å². The fourth-order valence-corrected chi connectivity index (χ4v) is 3.39. The number of nitrogens with one attached hydrogen (secondary N) is 2. The number of thioether (sulfide) groups is 1. The Morgan fingerprint density at radius 1 is 1.15 bits per heavy atom. The second-order valence-electron chi connectivity index (χ2n) is 6.07. The topological polar surface area (TPSA) is 67.1 Å². The summed E-state index contributed by atoms with van der Waals surface area (Å²) in [6.07, 6.45) is 7.52. The quantitative estimate of drug-likeness (QED) is 0.391. The van der Waals surface area contributed by atoms with E-state index in [0.717, 1.165) is 23.9 Å². The molecular weight excluding hydrogens is 356 g/mol. The molecule has 140 valence electrons. The van der Waals surface area contributed by atoms with Crippen LogP contribution in [0.1, 0.15) is 16.7 Å². The smallest absolute Gasteiger partial charge is 0.191 e. The van der Waals surface area contributed by atoms with E-state index in [-0.39, 0.29) is 0 Å². The van der Waals surface area contributed by atoms with Crippen LogP contribution in [0.15, 0.2) is 64.9 Å². The van der Waals surface area contributed by atoms with Crippen LogP contribution >= 0.6 is 11.8 Å². The Hall–Kier alpha value is -2.80. The molecule has 0 fully saturated rings. The lowest BCUT2D eigenvalue weighted by atomic mass is 10.1. The Labute approximate surface area is 164 Å². The fourth-order valence-electron chi connectivity index (χ4n) is 2.68. The lowest BCUT2D eigenvalue weighted by Crippen LogP contribution is -2.36. The fraction of sp³-hybridized carbons (Fsp3) is 0.250. The minimum Gasteiger partial charge on any atom is -0.352 e. The molecule has 7 heteroatoms. The molecule has 0 atom stereocenters. The standard InChI is InChI=1S/C20H24N6S/c1-15-5-6-17(18(11-15)27-3)14-24-20(21-2)23-13-16-7-9-22-19(12-16)26-10-4-8-25-26/h4-12H,13-14H2,1-3H3,(H2,21,23,24). The van der Waals surface area contributed by atoms with Crippen LogP contribution in [0.2, 0.25) is 0 Å². The summed E-state index contributed by atoms with van der Waals surface area (Å²) in [5.41, 5.74) is 3.65. The highest BCUT2D eigenvalue weighted by Gasteiger charge is 2.05. The van der Waals surface area contributed by atoms with Gasteiger partial charge in [-0.3, -0.25) is 4.99 Å². The van der Waals surface area contributed by atoms with Gasteiger partial charge in [-0.05, 0) is 54.1 Å². The summed E-state index contributed by atoms with van der Waals surface area (Å²) in [7, 11) is 1.78. The van der Waals surface area contributed by atoms with Crippen molar-refractivity contribution in [2.75, 3.05) is 13.3 Å². The summed E-state index contributed by atoms with van der Waals surface area (Å²) in [5.74, 6) is 1.56. The van der Waals surface area contributed by atoms with E-state index in [4.69, 9.17) is 0 Å². The maximum atomic E-state index is 4.36. The molecule has 27 heavy (non-hydrogen) atoms. The minimum absolute atomic E-state index is 0.653. The van der Waals surface area contributed by atoms with Crippen LogP contribution < -0.4 is 10.6 Å². The molecule has 0 spiro atoms. The van der Waals surface area contributed by atoms with Crippen molar-refractivity contribution in [3.8, 4) is 5.82 Å². The SMILES string of the molecule is CN=C(NCc1ccnc(-n2cccn2)c1)NCc1ccc(C)cc1SC. The van der Waals surface area contributed by atoms with E-state index >= 15 is 0 Å². The largest absolute Gasteiger partial charge is 0.352 e. The maximum absolute atomic E-state index is 4.36. The van der Waals surface area contributed by atoms with Crippen LogP contribution in [-0.4, -0.2) is 34.0 Å². The summed E-state index contributed by atoms with van der Waals surface area (Å²) in [6, 6.07) is 12.4. The third-order valence-corrected chi connectivity index (χ3v) is 4.94. The van der Waals surface area contributed by atoms with Crippen molar-refractivity contribution in [2.45, 2.75) is 24.9 Å². The van der Waals surface area contributed by atoms with E-state index in [2.05, 4.69) is 57.1 Å². The number of aryl methyl sites for hydroxylation is 1. The van der Waals surface area contributed by atoms with Crippen LogP contribution in [-0.2, 0) is 13.1 Å². The van der Waals surface area contributed by atoms with Crippen LogP contribution in [0.4, 0.5) is 0 Å². The summed E-state index contributed by atoms with van der Waals surface area (Å²) in [4.78, 5) is 9.96. The Balaban J connectivity index is 1.59. The molecule has 0 amide bonds. The highest BCUT2D eigenvalue weighted by molar-refractivity contribution is 7.98. The maximum Gasteiger partial charge on any atom is 0.191 e. The predicted molar refractivity (Wildman–Crippen MR) is 111 cm³/mol. The van der Waals surface area contributed by atoms with Crippen molar-refractivity contribution >= 4 is 17.7 Å². The summed E-state index contributed by atoms with van der Waals surface area (Å²) >= 11 is 1.76. The molecule has 2 aromatic heterocycles. The normalized spacial score (nSPS) is 11.4. The van der Waals surface area contributed by atoms with Gasteiger partial charge in [-0.25, -0.2) is 9.67 Å². The van der Waals surface area contributed by atoms with Crippen LogP contribution in [0, 0.1) is 6.92 Å². The lowest BCUT2D eigenvalue weighted by Gasteiger charge is -2.14. The number of benzene rings is 1. The number of nitrogens with zero attached hydrogens (tertiary/aromatic N) is 4. The van der Waals surface area contributed by atoms with Gasteiger partial charge < -0.3 is 10.6 Å². The van der Waals surface area contributed by atoms with Gasteiger partial charge in [0.1, 0.15) is 0 Å². The first-order valence-corrected chi connectivity index (χ1v) is 9.95. The molecule has 0 saturated carbocycles. The number of aliphatic imine (C=N–C) groups is 1. The molecule has 0 aliphatic heterocycles. The zero-order valence-electron chi connectivity index (χ0n) is 15.8. The molecule has 3 rings (SSSR count). The van der Waals surface area contributed by atoms with Gasteiger partial charge in [0, 0.05) is 43.6 Å². The van der Waals surface area contributed by atoms with E-state index in [9.17, 15) is 0 Å². The van der Waals surface area contributed by atoms with Crippen molar-refractivity contribution < 1.29 is 0 Å². The molecular formula is C20H24N6S. The Bertz CT molecular complexity index is 905. The molecule has 0 aliphatic rings. The lowest BCUT2D eigenvalue weighted by molar-refractivity contribution is 0.794. The first kappa shape index (κ1) is 19.0. The molecule has 2 N–H and O–H groups in total. The Kier molecular flexibility index (Phi) is 6.49. The molecule has 0 aliphatic carbocycles. The summed E-state index contributed by atoms with van der Waals surface area (Å²) in [6.45, 7) is 3.49. The Morgan fingerprint density at radius 3 is 2.74 bits per heavy atom. The van der Waals surface area contributed by atoms with E-state index in [1.54, 1.807) is 35.9 Å². The molecule has 2 heterocycles. The molecule has 3 aromatic rings. The van der Waals surface area contributed by atoms with Gasteiger partial charge in [-0.2, -0.15) is 5.10 Å². The van der Waals surface area contributed by atoms with Crippen LogP contribution in [0.25, 0.3) is 5.82 Å². The average molecular weight is 381 g/mol. The van der Waals surface area contributed by atoms with Crippen molar-refractivity contribution in [1.29, 1.82) is 0 Å². The van der Waals surface area contributed by atoms with Crippen LogP contribution in [0.3, 0.4) is 0 Å². The van der Waals surface area contributed by atoms with Crippen molar-refractivity contribution in [2.24, 2.45) is 4.99 Å². The zero-order chi connectivity index (χ0) is 19.1. The third-order valence-electron chi connectivity index (χ3n) is 4.12. The van der Waals surface area contributed by atoms with Gasteiger partial charge >= 0.3 is 0 Å². The van der Waals surface area contributed by atoms with E-state index in [1.807, 2.05) is 24.4 Å². The second-order valence-corrected chi connectivity index (χ2v) is 6.92. The predicted octanol–water partition coefficient (Wildman–Crippen LogP) is 3.16. The highest BCUT2D eigenvalue weighted by atomic mass is 32.2. The third kappa shape index (κ3) is 5.10. The number of hydrogen-bond acceptors (Lipinski definition) is 4. The van der Waals surface area contributed by atoms with Gasteiger partial charge in [-0.15, -0.1) is 11.8 Å². The van der Waals surface area contributed by atoms with Gasteiger partial charge in [0.15, 0.2) is 11.8 Å². The van der Waals surface area contributed by atoms with Crippen molar-refractivity contribution in [3.05, 3.63) is 71.7 Å². The first-order valence-electron chi connectivity index (χ1n) is 8.72. The number of hydrogen-bond donors (Lipinski definition) is 2. The molecule has 0 unspecified atom stereocenters. The minimum atomic E-state index is 0.653.